The highest BCUT2D eigenvalue weighted by Crippen LogP contribution is 2.27. The molecule has 0 bridgehead atoms. The number of aromatic nitrogens is 5. The Hall–Kier alpha value is -4.51. The zero-order valence-corrected chi connectivity index (χ0v) is 16.4. The van der Waals surface area contributed by atoms with Crippen LogP contribution in [0.25, 0.3) is 39.2 Å². The molecule has 150 valence electrons. The summed E-state index contributed by atoms with van der Waals surface area (Å²) in [6.45, 7) is 0. The average molecular weight is 410 g/mol. The fourth-order valence-corrected chi connectivity index (χ4v) is 3.60. The lowest BCUT2D eigenvalue weighted by Crippen LogP contribution is -2.21. The Kier molecular flexibility index (Phi) is 4.22. The number of hydrogen-bond donors (Lipinski definition) is 1. The topological polar surface area (TPSA) is 92.3 Å². The van der Waals surface area contributed by atoms with Crippen LogP contribution in [0.15, 0.2) is 72.0 Å². The second-order valence-corrected chi connectivity index (χ2v) is 7.12. The maximum Gasteiger partial charge on any atom is 0.333 e. The summed E-state index contributed by atoms with van der Waals surface area (Å²) in [5.74, 6) is -0.594. The number of aromatic amines is 1. The molecule has 7 nitrogen and oxygen atoms in total. The molecule has 0 unspecified atom stereocenters. The number of nitrogens with zero attached hydrogens (tertiary/aromatic N) is 5. The Morgan fingerprint density at radius 3 is 2.81 bits per heavy atom. The van der Waals surface area contributed by atoms with Gasteiger partial charge in [-0.15, -0.1) is 0 Å². The molecule has 0 aliphatic rings. The Morgan fingerprint density at radius 1 is 1.10 bits per heavy atom. The van der Waals surface area contributed by atoms with Gasteiger partial charge >= 0.3 is 5.69 Å². The van der Waals surface area contributed by atoms with Crippen molar-refractivity contribution in [3.63, 3.8) is 0 Å². The highest BCUT2D eigenvalue weighted by molar-refractivity contribution is 5.82. The maximum atomic E-state index is 14.1. The third-order valence-electron chi connectivity index (χ3n) is 5.08. The van der Waals surface area contributed by atoms with Crippen LogP contribution >= 0.6 is 0 Å². The molecule has 4 aromatic heterocycles. The Bertz CT molecular complexity index is 1550. The number of halogens is 1. The molecule has 0 aliphatic carbocycles. The van der Waals surface area contributed by atoms with Gasteiger partial charge in [0.25, 0.3) is 0 Å². The number of hydrogen-bond acceptors (Lipinski definition) is 4. The standard InChI is InChI=1S/C23H15FN6O/c1-29-13-21(30(23(29)31)19-7-14(11-25)6-18(24)10-19)20-9-15(2-4-26-20)17-8-16-3-5-27-22(16)28-12-17/h2-10,12-13H,1H3,(H,27,28). The average Bonchev–Trinajstić information content (AvgIpc) is 3.37. The van der Waals surface area contributed by atoms with Crippen LogP contribution in [0.1, 0.15) is 5.56 Å². The van der Waals surface area contributed by atoms with Crippen molar-refractivity contribution >= 4 is 11.0 Å². The van der Waals surface area contributed by atoms with Crippen molar-refractivity contribution in [2.24, 2.45) is 7.05 Å². The smallest absolute Gasteiger partial charge is 0.333 e. The molecule has 5 aromatic rings. The molecule has 4 heterocycles. The van der Waals surface area contributed by atoms with Crippen molar-refractivity contribution in [3.8, 4) is 34.3 Å². The van der Waals surface area contributed by atoms with Crippen LogP contribution in [0.5, 0.6) is 0 Å². The molecular weight excluding hydrogens is 395 g/mol. The van der Waals surface area contributed by atoms with E-state index in [9.17, 15) is 14.4 Å². The largest absolute Gasteiger partial charge is 0.346 e. The molecule has 0 amide bonds. The zero-order valence-electron chi connectivity index (χ0n) is 16.4. The van der Waals surface area contributed by atoms with Gasteiger partial charge in [-0.2, -0.15) is 5.26 Å². The Morgan fingerprint density at radius 2 is 1.97 bits per heavy atom. The van der Waals surface area contributed by atoms with Gasteiger partial charge in [-0.1, -0.05) is 0 Å². The number of imidazole rings is 1. The van der Waals surface area contributed by atoms with Crippen LogP contribution < -0.4 is 5.69 Å². The minimum absolute atomic E-state index is 0.129. The number of nitrogens with one attached hydrogen (secondary N) is 1. The number of fused-ring (bicyclic) bond motifs is 1. The Balaban J connectivity index is 1.68. The van der Waals surface area contributed by atoms with Gasteiger partial charge in [0.05, 0.1) is 28.7 Å². The summed E-state index contributed by atoms with van der Waals surface area (Å²) in [5, 5.41) is 10.2. The second kappa shape index (κ2) is 7.07. The SMILES string of the molecule is Cn1cc(-c2cc(-c3cnc4[nH]ccc4c3)ccn2)n(-c2cc(F)cc(C#N)c2)c1=O. The van der Waals surface area contributed by atoms with E-state index in [1.165, 1.54) is 21.3 Å². The number of aryl methyl sites for hydroxylation is 1. The van der Waals surface area contributed by atoms with Crippen LogP contribution in [0.2, 0.25) is 0 Å². The lowest BCUT2D eigenvalue weighted by Gasteiger charge is -2.09. The maximum absolute atomic E-state index is 14.1. The van der Waals surface area contributed by atoms with Crippen LogP contribution in [0.3, 0.4) is 0 Å². The monoisotopic (exact) mass is 410 g/mol. The summed E-state index contributed by atoms with van der Waals surface area (Å²) < 4.78 is 16.8. The van der Waals surface area contributed by atoms with Gasteiger partial charge in [-0.05, 0) is 48.0 Å². The summed E-state index contributed by atoms with van der Waals surface area (Å²) >= 11 is 0. The van der Waals surface area contributed by atoms with Crippen LogP contribution in [0, 0.1) is 17.1 Å². The van der Waals surface area contributed by atoms with Gasteiger partial charge in [0, 0.05) is 42.8 Å². The normalized spacial score (nSPS) is 11.0. The predicted octanol–water partition coefficient (Wildman–Crippen LogP) is 3.79. The van der Waals surface area contributed by atoms with Crippen LogP contribution in [-0.2, 0) is 7.05 Å². The number of rotatable bonds is 3. The minimum atomic E-state index is -0.594. The molecule has 0 atom stereocenters. The fourth-order valence-electron chi connectivity index (χ4n) is 3.60. The van der Waals surface area contributed by atoms with Crippen molar-refractivity contribution < 1.29 is 4.39 Å². The van der Waals surface area contributed by atoms with Crippen molar-refractivity contribution in [1.29, 1.82) is 5.26 Å². The highest BCUT2D eigenvalue weighted by atomic mass is 19.1. The van der Waals surface area contributed by atoms with Gasteiger partial charge in [0.15, 0.2) is 0 Å². The van der Waals surface area contributed by atoms with E-state index in [0.717, 1.165) is 28.2 Å². The summed E-state index contributed by atoms with van der Waals surface area (Å²) in [6, 6.07) is 13.4. The van der Waals surface area contributed by atoms with E-state index in [0.29, 0.717) is 11.4 Å². The zero-order chi connectivity index (χ0) is 21.5. The molecule has 5 rings (SSSR count). The van der Waals surface area contributed by atoms with E-state index in [1.807, 2.05) is 36.5 Å². The lowest BCUT2D eigenvalue weighted by molar-refractivity contribution is 0.625. The summed E-state index contributed by atoms with van der Waals surface area (Å²) in [4.78, 5) is 24.8. The number of benzene rings is 1. The first-order valence-corrected chi connectivity index (χ1v) is 9.43. The molecule has 0 saturated carbocycles. The summed E-state index contributed by atoms with van der Waals surface area (Å²) in [7, 11) is 1.61. The van der Waals surface area contributed by atoms with Crippen LogP contribution in [-0.4, -0.2) is 24.1 Å². The molecule has 0 spiro atoms. The number of pyridine rings is 2. The summed E-state index contributed by atoms with van der Waals surface area (Å²) in [6.07, 6.45) is 6.89. The predicted molar refractivity (Wildman–Crippen MR) is 114 cm³/mol. The van der Waals surface area contributed by atoms with Gasteiger partial charge < -0.3 is 9.55 Å². The van der Waals surface area contributed by atoms with Crippen molar-refractivity contribution in [1.82, 2.24) is 24.1 Å². The molecule has 0 saturated heterocycles. The molecular formula is C23H15FN6O. The van der Waals surface area contributed by atoms with Gasteiger partial charge in [0.2, 0.25) is 0 Å². The third-order valence-corrected chi connectivity index (χ3v) is 5.08. The van der Waals surface area contributed by atoms with Crippen LogP contribution in [0.4, 0.5) is 4.39 Å². The molecule has 0 aliphatic heterocycles. The van der Waals surface area contributed by atoms with Gasteiger partial charge in [-0.3, -0.25) is 9.55 Å². The van der Waals surface area contributed by atoms with E-state index in [-0.39, 0.29) is 16.9 Å². The number of nitriles is 1. The van der Waals surface area contributed by atoms with Gasteiger partial charge in [0.1, 0.15) is 11.5 Å². The highest BCUT2D eigenvalue weighted by Gasteiger charge is 2.16. The van der Waals surface area contributed by atoms with Crippen molar-refractivity contribution in [3.05, 3.63) is 89.1 Å². The minimum Gasteiger partial charge on any atom is -0.346 e. The van der Waals surface area contributed by atoms with E-state index < -0.39 is 5.82 Å². The van der Waals surface area contributed by atoms with E-state index in [1.54, 1.807) is 25.6 Å². The summed E-state index contributed by atoms with van der Waals surface area (Å²) in [5.41, 5.74) is 3.62. The number of H-pyrrole nitrogens is 1. The van der Waals surface area contributed by atoms with Gasteiger partial charge in [-0.25, -0.2) is 14.2 Å². The molecule has 1 aromatic carbocycles. The first-order valence-electron chi connectivity index (χ1n) is 9.43. The van der Waals surface area contributed by atoms with Crippen molar-refractivity contribution in [2.45, 2.75) is 0 Å². The molecule has 0 radical (unpaired) electrons. The molecule has 1 N–H and O–H groups in total. The third kappa shape index (κ3) is 3.18. The molecule has 8 heteroatoms. The quantitative estimate of drug-likeness (QED) is 0.490. The first kappa shape index (κ1) is 18.5. The molecule has 0 fully saturated rings. The van der Waals surface area contributed by atoms with E-state index >= 15 is 0 Å². The van der Waals surface area contributed by atoms with E-state index in [2.05, 4.69) is 15.0 Å². The second-order valence-electron chi connectivity index (χ2n) is 7.12. The lowest BCUT2D eigenvalue weighted by atomic mass is 10.1. The van der Waals surface area contributed by atoms with E-state index in [4.69, 9.17) is 0 Å². The van der Waals surface area contributed by atoms with Crippen molar-refractivity contribution in [2.75, 3.05) is 0 Å². The fraction of sp³-hybridized carbons (Fsp3) is 0.0435. The Labute approximate surface area is 175 Å². The molecule has 31 heavy (non-hydrogen) atoms. The first-order chi connectivity index (χ1) is 15.0.